The van der Waals surface area contributed by atoms with E-state index in [2.05, 4.69) is 115 Å². The smallest absolute Gasteiger partial charge is 0.0508 e. The highest BCUT2D eigenvalue weighted by atomic mass is 32.1. The Morgan fingerprint density at radius 2 is 1.47 bits per heavy atom. The van der Waals surface area contributed by atoms with Crippen molar-refractivity contribution in [2.45, 2.75) is 25.8 Å². The normalized spacial score (nSPS) is 12.2. The highest BCUT2D eigenvalue weighted by molar-refractivity contribution is 7.25. The van der Waals surface area contributed by atoms with E-state index < -0.39 is 0 Å². The molecular weight excluding hydrogens is 406 g/mol. The first-order valence-corrected chi connectivity index (χ1v) is 12.1. The van der Waals surface area contributed by atoms with E-state index in [-0.39, 0.29) is 0 Å². The number of nitrogens with zero attached hydrogens (tertiary/aromatic N) is 1. The number of benzene rings is 4. The van der Waals surface area contributed by atoms with Gasteiger partial charge in [-0.05, 0) is 54.3 Å². The molecule has 0 spiro atoms. The highest BCUT2D eigenvalue weighted by Gasteiger charge is 2.22. The third kappa shape index (κ3) is 3.72. The van der Waals surface area contributed by atoms with Crippen molar-refractivity contribution in [1.82, 2.24) is 0 Å². The maximum atomic E-state index is 4.05. The van der Waals surface area contributed by atoms with Crippen molar-refractivity contribution in [2.24, 2.45) is 0 Å². The summed E-state index contributed by atoms with van der Waals surface area (Å²) in [6, 6.07) is 35.4. The van der Waals surface area contributed by atoms with Gasteiger partial charge >= 0.3 is 0 Å². The lowest BCUT2D eigenvalue weighted by Crippen LogP contribution is -2.30. The van der Waals surface area contributed by atoms with Crippen LogP contribution in [0, 0.1) is 0 Å². The molecule has 0 bridgehead atoms. The van der Waals surface area contributed by atoms with E-state index in [0.29, 0.717) is 6.04 Å². The molecule has 158 valence electrons. The molecule has 0 radical (unpaired) electrons. The fourth-order valence-electron chi connectivity index (χ4n) is 4.60. The number of hydrogen-bond acceptors (Lipinski definition) is 2. The molecule has 1 atom stereocenters. The lowest BCUT2D eigenvalue weighted by atomic mass is 10.0. The number of hydrogen-bond donors (Lipinski definition) is 0. The van der Waals surface area contributed by atoms with E-state index in [4.69, 9.17) is 0 Å². The zero-order chi connectivity index (χ0) is 21.9. The fraction of sp³-hybridized carbons (Fsp3) is 0.133. The van der Waals surface area contributed by atoms with Crippen LogP contribution in [0.2, 0.25) is 0 Å². The van der Waals surface area contributed by atoms with Crippen LogP contribution in [0.1, 0.15) is 19.8 Å². The maximum absolute atomic E-state index is 4.05. The Kier molecular flexibility index (Phi) is 5.79. The lowest BCUT2D eigenvalue weighted by molar-refractivity contribution is 0.640. The molecule has 1 unspecified atom stereocenters. The molecular formula is C30H27NS. The summed E-state index contributed by atoms with van der Waals surface area (Å²) in [5, 5.41) is 2.69. The molecule has 4 aromatic carbocycles. The van der Waals surface area contributed by atoms with Crippen molar-refractivity contribution in [3.05, 3.63) is 110 Å². The van der Waals surface area contributed by atoms with Gasteiger partial charge in [-0.15, -0.1) is 17.9 Å². The minimum absolute atomic E-state index is 0.347. The van der Waals surface area contributed by atoms with Gasteiger partial charge in [0.15, 0.2) is 0 Å². The van der Waals surface area contributed by atoms with E-state index in [0.717, 1.165) is 12.8 Å². The van der Waals surface area contributed by atoms with Gasteiger partial charge in [-0.25, -0.2) is 0 Å². The second kappa shape index (κ2) is 9.02. The average Bonchev–Trinajstić information content (AvgIpc) is 3.24. The first-order valence-electron chi connectivity index (χ1n) is 11.3. The van der Waals surface area contributed by atoms with Crippen LogP contribution in [0.25, 0.3) is 31.3 Å². The third-order valence-corrected chi connectivity index (χ3v) is 7.30. The first-order chi connectivity index (χ1) is 15.8. The van der Waals surface area contributed by atoms with Crippen LogP contribution >= 0.6 is 11.3 Å². The Bertz CT molecular complexity index is 1350. The predicted molar refractivity (Wildman–Crippen MR) is 142 cm³/mol. The molecule has 2 heteroatoms. The van der Waals surface area contributed by atoms with Gasteiger partial charge in [0.25, 0.3) is 0 Å². The number of thiophene rings is 1. The van der Waals surface area contributed by atoms with E-state index >= 15 is 0 Å². The van der Waals surface area contributed by atoms with Crippen LogP contribution in [-0.4, -0.2) is 6.04 Å². The van der Waals surface area contributed by atoms with Gasteiger partial charge in [-0.2, -0.15) is 0 Å². The summed E-state index contributed by atoms with van der Waals surface area (Å²) < 4.78 is 2.68. The summed E-state index contributed by atoms with van der Waals surface area (Å²) in [5.74, 6) is 0. The molecule has 0 aliphatic carbocycles. The monoisotopic (exact) mass is 433 g/mol. The Balaban J connectivity index is 1.68. The quantitative estimate of drug-likeness (QED) is 0.231. The molecule has 5 aromatic rings. The second-order valence-electron chi connectivity index (χ2n) is 8.12. The molecule has 5 rings (SSSR count). The van der Waals surface area contributed by atoms with Gasteiger partial charge in [-0.1, -0.05) is 79.7 Å². The summed E-state index contributed by atoms with van der Waals surface area (Å²) in [6.45, 7) is 6.32. The van der Waals surface area contributed by atoms with Gasteiger partial charge in [0.05, 0.1) is 5.69 Å². The number of fused-ring (bicyclic) bond motifs is 3. The molecule has 0 amide bonds. The van der Waals surface area contributed by atoms with Crippen molar-refractivity contribution < 1.29 is 0 Å². The zero-order valence-electron chi connectivity index (χ0n) is 18.4. The van der Waals surface area contributed by atoms with Crippen molar-refractivity contribution in [1.29, 1.82) is 0 Å². The summed E-state index contributed by atoms with van der Waals surface area (Å²) in [4.78, 5) is 2.53. The Morgan fingerprint density at radius 3 is 2.22 bits per heavy atom. The van der Waals surface area contributed by atoms with E-state index in [1.54, 1.807) is 0 Å². The predicted octanol–water partition coefficient (Wildman–Crippen LogP) is 9.21. The number of anilines is 2. The molecule has 0 saturated carbocycles. The molecule has 32 heavy (non-hydrogen) atoms. The topological polar surface area (TPSA) is 3.24 Å². The van der Waals surface area contributed by atoms with Crippen molar-refractivity contribution >= 4 is 42.9 Å². The van der Waals surface area contributed by atoms with Gasteiger partial charge < -0.3 is 4.90 Å². The molecule has 0 saturated heterocycles. The summed E-state index contributed by atoms with van der Waals surface area (Å²) >= 11 is 1.87. The lowest BCUT2D eigenvalue weighted by Gasteiger charge is -2.34. The van der Waals surface area contributed by atoms with Gasteiger partial charge in [0.2, 0.25) is 0 Å². The molecule has 1 aromatic heterocycles. The van der Waals surface area contributed by atoms with Crippen LogP contribution < -0.4 is 4.90 Å². The molecule has 0 N–H and O–H groups in total. The van der Waals surface area contributed by atoms with Crippen LogP contribution in [0.3, 0.4) is 0 Å². The van der Waals surface area contributed by atoms with E-state index in [1.165, 1.54) is 42.7 Å². The first kappa shape index (κ1) is 20.5. The van der Waals surface area contributed by atoms with Crippen LogP contribution in [0.5, 0.6) is 0 Å². The largest absolute Gasteiger partial charge is 0.338 e. The van der Waals surface area contributed by atoms with Gasteiger partial charge in [0, 0.05) is 31.9 Å². The molecule has 0 aliphatic heterocycles. The highest BCUT2D eigenvalue weighted by Crippen LogP contribution is 2.43. The summed E-state index contributed by atoms with van der Waals surface area (Å²) in [5.41, 5.74) is 4.99. The van der Waals surface area contributed by atoms with Gasteiger partial charge in [0.1, 0.15) is 0 Å². The molecule has 1 heterocycles. The second-order valence-corrected chi connectivity index (χ2v) is 9.20. The van der Waals surface area contributed by atoms with Crippen LogP contribution in [0.15, 0.2) is 110 Å². The summed E-state index contributed by atoms with van der Waals surface area (Å²) in [7, 11) is 0. The van der Waals surface area contributed by atoms with E-state index in [1.807, 2.05) is 17.4 Å². The summed E-state index contributed by atoms with van der Waals surface area (Å²) in [6.07, 6.45) is 4.03. The maximum Gasteiger partial charge on any atom is 0.0508 e. The molecule has 1 nitrogen and oxygen atoms in total. The number of rotatable bonds is 7. The van der Waals surface area contributed by atoms with Crippen molar-refractivity contribution in [3.63, 3.8) is 0 Å². The third-order valence-electron chi connectivity index (χ3n) is 6.17. The fourth-order valence-corrected chi connectivity index (χ4v) is 5.72. The van der Waals surface area contributed by atoms with E-state index in [9.17, 15) is 0 Å². The average molecular weight is 434 g/mol. The Morgan fingerprint density at radius 1 is 0.781 bits per heavy atom. The zero-order valence-corrected chi connectivity index (χ0v) is 19.2. The molecule has 0 aliphatic rings. The van der Waals surface area contributed by atoms with Gasteiger partial charge in [-0.3, -0.25) is 0 Å². The van der Waals surface area contributed by atoms with Crippen molar-refractivity contribution in [3.8, 4) is 11.1 Å². The SMILES string of the molecule is C=CCC(CC)N(c1ccc(-c2ccccc2)cc1)c1cccc2sc3ccccc3c12. The van der Waals surface area contributed by atoms with Crippen LogP contribution in [-0.2, 0) is 0 Å². The minimum atomic E-state index is 0.347. The Hall–Kier alpha value is -3.36. The standard InChI is InChI=1S/C30H27NS/c1-3-11-24(4-2)31(25-20-18-23(19-21-25)22-12-6-5-7-13-22)27-15-10-17-29-30(27)26-14-8-9-16-28(26)32-29/h3,5-10,12-21,24H,1,4,11H2,2H3. The molecule has 0 fully saturated rings. The van der Waals surface area contributed by atoms with Crippen LogP contribution in [0.4, 0.5) is 11.4 Å². The van der Waals surface area contributed by atoms with Crippen molar-refractivity contribution in [2.75, 3.05) is 4.90 Å². The minimum Gasteiger partial charge on any atom is -0.338 e. The Labute approximate surface area is 194 Å².